The highest BCUT2D eigenvalue weighted by molar-refractivity contribution is 8.00. The zero-order chi connectivity index (χ0) is 31.6. The normalized spacial score (nSPS) is 11.0. The van der Waals surface area contributed by atoms with Crippen LogP contribution < -0.4 is 25.4 Å². The molecule has 44 heavy (non-hydrogen) atoms. The molecule has 226 valence electrons. The molecular weight excluding hydrogens is 645 g/mol. The number of carbonyl (C=O) groups excluding carboxylic acids is 3. The van der Waals surface area contributed by atoms with Crippen LogP contribution in [0.15, 0.2) is 95.5 Å². The summed E-state index contributed by atoms with van der Waals surface area (Å²) in [5.74, 6) is -0.457. The molecule has 0 aliphatic rings. The highest BCUT2D eigenvalue weighted by Crippen LogP contribution is 2.36. The predicted molar refractivity (Wildman–Crippen MR) is 177 cm³/mol. The second-order valence-electron chi connectivity index (χ2n) is 9.05. The van der Waals surface area contributed by atoms with Crippen molar-refractivity contribution in [2.45, 2.75) is 4.90 Å². The molecule has 0 radical (unpaired) electrons. The van der Waals surface area contributed by atoms with Crippen molar-refractivity contribution in [3.8, 4) is 11.5 Å². The number of hydrogen-bond acceptors (Lipinski definition) is 6. The summed E-state index contributed by atoms with van der Waals surface area (Å²) in [7, 11) is 2.96. The molecule has 4 rings (SSSR count). The molecular formula is C32H26Cl3N3O5S. The Bertz CT molecular complexity index is 1720. The van der Waals surface area contributed by atoms with Crippen molar-refractivity contribution in [2.75, 3.05) is 30.6 Å². The number of nitrogens with one attached hydrogen (secondary N) is 3. The maximum absolute atomic E-state index is 13.4. The number of carbonyl (C=O) groups is 3. The largest absolute Gasteiger partial charge is 0.495 e. The molecule has 0 spiro atoms. The standard InChI is InChI=1S/C32H26Cl3N3O5S/c1-42-28-17-29(43-2)26(16-25(28)35)37-30(39)18-44-23-10-6-9-22(15-23)36-32(41)27(13-20-11-12-21(33)14-24(20)34)38-31(40)19-7-4-3-5-8-19/h3-17H,18H2,1-2H3,(H,36,41)(H,37,39)(H,38,40)/b27-13+. The van der Waals surface area contributed by atoms with E-state index in [0.717, 1.165) is 4.90 Å². The Morgan fingerprint density at radius 3 is 2.25 bits per heavy atom. The Labute approximate surface area is 273 Å². The van der Waals surface area contributed by atoms with E-state index < -0.39 is 11.8 Å². The zero-order valence-corrected chi connectivity index (χ0v) is 26.5. The van der Waals surface area contributed by atoms with Gasteiger partial charge in [0, 0.05) is 32.3 Å². The average Bonchev–Trinajstić information content (AvgIpc) is 3.01. The van der Waals surface area contributed by atoms with Gasteiger partial charge < -0.3 is 25.4 Å². The molecule has 8 nitrogen and oxygen atoms in total. The minimum atomic E-state index is -0.580. The van der Waals surface area contributed by atoms with Crippen molar-refractivity contribution in [1.82, 2.24) is 5.32 Å². The van der Waals surface area contributed by atoms with Crippen molar-refractivity contribution in [3.63, 3.8) is 0 Å². The fourth-order valence-corrected chi connectivity index (χ4v) is 5.33. The number of halogens is 3. The molecule has 0 aliphatic heterocycles. The van der Waals surface area contributed by atoms with Gasteiger partial charge in [-0.3, -0.25) is 14.4 Å². The van der Waals surface area contributed by atoms with Crippen LogP contribution in [0.3, 0.4) is 0 Å². The number of rotatable bonds is 11. The number of hydrogen-bond donors (Lipinski definition) is 3. The van der Waals surface area contributed by atoms with Crippen molar-refractivity contribution < 1.29 is 23.9 Å². The van der Waals surface area contributed by atoms with Crippen LogP contribution in [0.2, 0.25) is 15.1 Å². The van der Waals surface area contributed by atoms with Crippen molar-refractivity contribution >= 4 is 81.7 Å². The molecule has 0 unspecified atom stereocenters. The number of benzene rings is 4. The number of thioether (sulfide) groups is 1. The van der Waals surface area contributed by atoms with E-state index in [0.29, 0.717) is 49.1 Å². The molecule has 0 aromatic heterocycles. The van der Waals surface area contributed by atoms with Crippen molar-refractivity contribution in [3.05, 3.63) is 117 Å². The topological polar surface area (TPSA) is 106 Å². The molecule has 4 aromatic carbocycles. The van der Waals surface area contributed by atoms with E-state index in [1.165, 1.54) is 32.1 Å². The first-order valence-corrected chi connectivity index (χ1v) is 15.1. The lowest BCUT2D eigenvalue weighted by Gasteiger charge is -2.13. The van der Waals surface area contributed by atoms with Gasteiger partial charge in [-0.2, -0.15) is 0 Å². The number of anilines is 2. The monoisotopic (exact) mass is 669 g/mol. The lowest BCUT2D eigenvalue weighted by molar-refractivity contribution is -0.114. The second-order valence-corrected chi connectivity index (χ2v) is 11.3. The summed E-state index contributed by atoms with van der Waals surface area (Å²) in [6, 6.07) is 23.4. The summed E-state index contributed by atoms with van der Waals surface area (Å²) in [6.45, 7) is 0. The molecule has 0 heterocycles. The molecule has 0 saturated carbocycles. The predicted octanol–water partition coefficient (Wildman–Crippen LogP) is 7.80. The smallest absolute Gasteiger partial charge is 0.272 e. The first-order chi connectivity index (χ1) is 21.2. The van der Waals surface area contributed by atoms with Crippen LogP contribution in [0, 0.1) is 0 Å². The highest BCUT2D eigenvalue weighted by atomic mass is 35.5. The summed E-state index contributed by atoms with van der Waals surface area (Å²) in [5.41, 5.74) is 1.68. The van der Waals surface area contributed by atoms with Crippen LogP contribution in [-0.2, 0) is 9.59 Å². The van der Waals surface area contributed by atoms with Crippen LogP contribution in [0.25, 0.3) is 6.08 Å². The van der Waals surface area contributed by atoms with Crippen LogP contribution in [0.4, 0.5) is 11.4 Å². The van der Waals surface area contributed by atoms with Gasteiger partial charge in [0.2, 0.25) is 5.91 Å². The average molecular weight is 671 g/mol. The Balaban J connectivity index is 1.47. The third-order valence-electron chi connectivity index (χ3n) is 6.00. The summed E-state index contributed by atoms with van der Waals surface area (Å²) < 4.78 is 10.5. The minimum absolute atomic E-state index is 0.0346. The van der Waals surface area contributed by atoms with Gasteiger partial charge in [-0.1, -0.05) is 65.1 Å². The van der Waals surface area contributed by atoms with Gasteiger partial charge in [0.25, 0.3) is 11.8 Å². The maximum Gasteiger partial charge on any atom is 0.272 e. The Morgan fingerprint density at radius 2 is 1.55 bits per heavy atom. The Hall–Kier alpha value is -4.15. The van der Waals surface area contributed by atoms with E-state index in [4.69, 9.17) is 44.3 Å². The first kappa shape index (κ1) is 32.8. The van der Waals surface area contributed by atoms with Gasteiger partial charge in [-0.15, -0.1) is 11.8 Å². The molecule has 0 fully saturated rings. The van der Waals surface area contributed by atoms with E-state index in [-0.39, 0.29) is 17.4 Å². The quantitative estimate of drug-likeness (QED) is 0.111. The van der Waals surface area contributed by atoms with Gasteiger partial charge in [0.1, 0.15) is 17.2 Å². The van der Waals surface area contributed by atoms with E-state index in [1.807, 2.05) is 0 Å². The first-order valence-electron chi connectivity index (χ1n) is 13.0. The second kappa shape index (κ2) is 15.5. The van der Waals surface area contributed by atoms with E-state index in [9.17, 15) is 14.4 Å². The molecule has 0 saturated heterocycles. The Morgan fingerprint density at radius 1 is 0.795 bits per heavy atom. The maximum atomic E-state index is 13.4. The third kappa shape index (κ3) is 8.93. The van der Waals surface area contributed by atoms with Gasteiger partial charge in [-0.05, 0) is 60.2 Å². The van der Waals surface area contributed by atoms with Crippen LogP contribution in [-0.4, -0.2) is 37.7 Å². The number of methoxy groups -OCH3 is 2. The van der Waals surface area contributed by atoms with Crippen molar-refractivity contribution in [2.24, 2.45) is 0 Å². The van der Waals surface area contributed by atoms with E-state index >= 15 is 0 Å². The number of amides is 3. The summed E-state index contributed by atoms with van der Waals surface area (Å²) >= 11 is 19.8. The fourth-order valence-electron chi connectivity index (χ4n) is 3.87. The molecule has 4 aromatic rings. The molecule has 0 aliphatic carbocycles. The van der Waals surface area contributed by atoms with Crippen LogP contribution in [0.1, 0.15) is 15.9 Å². The fraction of sp³-hybridized carbons (Fsp3) is 0.0938. The van der Waals surface area contributed by atoms with Crippen molar-refractivity contribution in [1.29, 1.82) is 0 Å². The molecule has 3 N–H and O–H groups in total. The van der Waals surface area contributed by atoms with E-state index in [2.05, 4.69) is 16.0 Å². The van der Waals surface area contributed by atoms with Gasteiger partial charge >= 0.3 is 0 Å². The van der Waals surface area contributed by atoms with Gasteiger partial charge in [0.15, 0.2) is 0 Å². The SMILES string of the molecule is COc1cc(OC)c(NC(=O)CSc2cccc(NC(=O)/C(=C\c3ccc(Cl)cc3Cl)NC(=O)c3ccccc3)c2)cc1Cl. The molecule has 12 heteroatoms. The Kier molecular flexibility index (Phi) is 11.6. The molecule has 0 atom stereocenters. The molecule has 0 bridgehead atoms. The van der Waals surface area contributed by atoms with Crippen LogP contribution >= 0.6 is 46.6 Å². The van der Waals surface area contributed by atoms with Gasteiger partial charge in [0.05, 0.1) is 30.7 Å². The van der Waals surface area contributed by atoms with Gasteiger partial charge in [-0.25, -0.2) is 0 Å². The molecule has 3 amide bonds. The zero-order valence-electron chi connectivity index (χ0n) is 23.5. The van der Waals surface area contributed by atoms with E-state index in [1.54, 1.807) is 84.9 Å². The highest BCUT2D eigenvalue weighted by Gasteiger charge is 2.17. The minimum Gasteiger partial charge on any atom is -0.495 e. The summed E-state index contributed by atoms with van der Waals surface area (Å²) in [6.07, 6.45) is 1.47. The lowest BCUT2D eigenvalue weighted by Crippen LogP contribution is -2.30. The summed E-state index contributed by atoms with van der Waals surface area (Å²) in [5, 5.41) is 9.33. The third-order valence-corrected chi connectivity index (χ3v) is 7.85. The lowest BCUT2D eigenvalue weighted by atomic mass is 10.1. The summed E-state index contributed by atoms with van der Waals surface area (Å²) in [4.78, 5) is 39.8. The van der Waals surface area contributed by atoms with Crippen LogP contribution in [0.5, 0.6) is 11.5 Å². The number of ether oxygens (including phenoxy) is 2.